The Morgan fingerprint density at radius 2 is 1.94 bits per heavy atom. The molecule has 4 heteroatoms. The molecule has 0 bridgehead atoms. The van der Waals surface area contributed by atoms with Gasteiger partial charge in [0.15, 0.2) is 0 Å². The molecule has 0 aromatic carbocycles. The summed E-state index contributed by atoms with van der Waals surface area (Å²) in [5.41, 5.74) is 6.27. The van der Waals surface area contributed by atoms with Gasteiger partial charge in [0, 0.05) is 17.8 Å². The van der Waals surface area contributed by atoms with Crippen LogP contribution in [0.4, 0.5) is 0 Å². The lowest BCUT2D eigenvalue weighted by atomic mass is 9.87. The van der Waals surface area contributed by atoms with Crippen LogP contribution in [0.2, 0.25) is 0 Å². The average Bonchev–Trinajstić information content (AvgIpc) is 2.24. The van der Waals surface area contributed by atoms with Crippen molar-refractivity contribution in [2.45, 2.75) is 58.8 Å². The number of rotatable bonds is 7. The summed E-state index contributed by atoms with van der Waals surface area (Å²) in [6.45, 7) is 11.5. The Hall–Kier alpha value is -0.220. The second-order valence-electron chi connectivity index (χ2n) is 5.52. The van der Waals surface area contributed by atoms with E-state index < -0.39 is 0 Å². The van der Waals surface area contributed by atoms with E-state index in [1.54, 1.807) is 11.8 Å². The van der Waals surface area contributed by atoms with Gasteiger partial charge in [0.25, 0.3) is 0 Å². The molecular formula is C13H28N2OS. The zero-order valence-electron chi connectivity index (χ0n) is 11.9. The standard InChI is InChI=1S/C13H28N2OS/c1-6-8-15-11(16)9-17-12(10(14)7-2)13(3,4)5/h10,12H,6-9,14H2,1-5H3,(H,15,16). The van der Waals surface area contributed by atoms with Crippen LogP contribution in [0.5, 0.6) is 0 Å². The molecule has 2 unspecified atom stereocenters. The van der Waals surface area contributed by atoms with E-state index in [0.717, 1.165) is 19.4 Å². The summed E-state index contributed by atoms with van der Waals surface area (Å²) in [7, 11) is 0. The summed E-state index contributed by atoms with van der Waals surface area (Å²) >= 11 is 1.68. The lowest BCUT2D eigenvalue weighted by Crippen LogP contribution is -2.41. The molecule has 0 saturated heterocycles. The minimum Gasteiger partial charge on any atom is -0.355 e. The Kier molecular flexibility index (Phi) is 7.88. The van der Waals surface area contributed by atoms with Crippen molar-refractivity contribution < 1.29 is 4.79 Å². The second kappa shape index (κ2) is 7.98. The molecule has 0 aromatic heterocycles. The van der Waals surface area contributed by atoms with Gasteiger partial charge >= 0.3 is 0 Å². The first-order chi connectivity index (χ1) is 7.82. The van der Waals surface area contributed by atoms with Crippen LogP contribution in [-0.2, 0) is 4.79 Å². The Labute approximate surface area is 110 Å². The van der Waals surface area contributed by atoms with Crippen molar-refractivity contribution in [2.75, 3.05) is 12.3 Å². The van der Waals surface area contributed by atoms with E-state index in [0.29, 0.717) is 11.0 Å². The van der Waals surface area contributed by atoms with Gasteiger partial charge in [0.2, 0.25) is 5.91 Å². The summed E-state index contributed by atoms with van der Waals surface area (Å²) in [6.07, 6.45) is 1.93. The normalized spacial score (nSPS) is 15.4. The lowest BCUT2D eigenvalue weighted by molar-refractivity contribution is -0.118. The van der Waals surface area contributed by atoms with Crippen LogP contribution >= 0.6 is 11.8 Å². The Balaban J connectivity index is 4.22. The number of hydrogen-bond donors (Lipinski definition) is 2. The van der Waals surface area contributed by atoms with E-state index in [4.69, 9.17) is 5.73 Å². The highest BCUT2D eigenvalue weighted by atomic mass is 32.2. The van der Waals surface area contributed by atoms with Crippen molar-refractivity contribution in [1.29, 1.82) is 0 Å². The molecule has 1 amide bonds. The first kappa shape index (κ1) is 16.8. The van der Waals surface area contributed by atoms with Crippen LogP contribution in [0, 0.1) is 5.41 Å². The number of carbonyl (C=O) groups excluding carboxylic acids is 1. The molecule has 0 saturated carbocycles. The van der Waals surface area contributed by atoms with Gasteiger partial charge in [0.1, 0.15) is 0 Å². The highest BCUT2D eigenvalue weighted by molar-refractivity contribution is 8.00. The van der Waals surface area contributed by atoms with E-state index >= 15 is 0 Å². The fraction of sp³-hybridized carbons (Fsp3) is 0.923. The molecule has 0 fully saturated rings. The molecule has 0 aromatic rings. The first-order valence-corrected chi connectivity index (χ1v) is 7.51. The fourth-order valence-corrected chi connectivity index (χ4v) is 3.08. The molecule has 0 radical (unpaired) electrons. The molecular weight excluding hydrogens is 232 g/mol. The van der Waals surface area contributed by atoms with E-state index in [2.05, 4.69) is 39.9 Å². The molecule has 0 aliphatic carbocycles. The largest absolute Gasteiger partial charge is 0.355 e. The van der Waals surface area contributed by atoms with E-state index in [-0.39, 0.29) is 17.4 Å². The number of thioether (sulfide) groups is 1. The number of nitrogens with one attached hydrogen (secondary N) is 1. The SMILES string of the molecule is CCCNC(=O)CSC(C(N)CC)C(C)(C)C. The molecule has 0 aliphatic rings. The highest BCUT2D eigenvalue weighted by Crippen LogP contribution is 2.33. The van der Waals surface area contributed by atoms with Crippen LogP contribution < -0.4 is 11.1 Å². The number of hydrogen-bond acceptors (Lipinski definition) is 3. The third-order valence-electron chi connectivity index (χ3n) is 2.68. The van der Waals surface area contributed by atoms with E-state index in [1.807, 2.05) is 0 Å². The van der Waals surface area contributed by atoms with Gasteiger partial charge in [-0.2, -0.15) is 0 Å². The number of nitrogens with two attached hydrogens (primary N) is 1. The smallest absolute Gasteiger partial charge is 0.230 e. The van der Waals surface area contributed by atoms with Crippen molar-refractivity contribution in [2.24, 2.45) is 11.1 Å². The van der Waals surface area contributed by atoms with Crippen LogP contribution in [0.25, 0.3) is 0 Å². The van der Waals surface area contributed by atoms with Gasteiger partial charge in [-0.15, -0.1) is 11.8 Å². The van der Waals surface area contributed by atoms with Crippen molar-refractivity contribution in [3.8, 4) is 0 Å². The molecule has 17 heavy (non-hydrogen) atoms. The van der Waals surface area contributed by atoms with Gasteiger partial charge in [-0.25, -0.2) is 0 Å². The van der Waals surface area contributed by atoms with E-state index in [9.17, 15) is 4.79 Å². The molecule has 0 spiro atoms. The molecule has 3 nitrogen and oxygen atoms in total. The maximum absolute atomic E-state index is 11.6. The molecule has 0 rings (SSSR count). The van der Waals surface area contributed by atoms with Gasteiger partial charge in [-0.05, 0) is 18.3 Å². The fourth-order valence-electron chi connectivity index (χ4n) is 1.71. The molecule has 3 N–H and O–H groups in total. The Bertz CT molecular complexity index is 226. The zero-order chi connectivity index (χ0) is 13.5. The molecule has 0 aliphatic heterocycles. The van der Waals surface area contributed by atoms with E-state index in [1.165, 1.54) is 0 Å². The maximum atomic E-state index is 11.6. The number of amides is 1. The first-order valence-electron chi connectivity index (χ1n) is 6.46. The predicted octanol–water partition coefficient (Wildman–Crippen LogP) is 2.40. The maximum Gasteiger partial charge on any atom is 0.230 e. The van der Waals surface area contributed by atoms with Gasteiger partial charge < -0.3 is 11.1 Å². The van der Waals surface area contributed by atoms with Crippen LogP contribution in [0.3, 0.4) is 0 Å². The molecule has 0 heterocycles. The van der Waals surface area contributed by atoms with Crippen molar-refractivity contribution in [3.63, 3.8) is 0 Å². The quantitative estimate of drug-likeness (QED) is 0.739. The third kappa shape index (κ3) is 6.94. The van der Waals surface area contributed by atoms with Gasteiger partial charge in [-0.1, -0.05) is 34.6 Å². The summed E-state index contributed by atoms with van der Waals surface area (Å²) < 4.78 is 0. The summed E-state index contributed by atoms with van der Waals surface area (Å²) in [5.74, 6) is 0.629. The Morgan fingerprint density at radius 1 is 1.35 bits per heavy atom. The summed E-state index contributed by atoms with van der Waals surface area (Å²) in [4.78, 5) is 11.6. The highest BCUT2D eigenvalue weighted by Gasteiger charge is 2.30. The minimum absolute atomic E-state index is 0.120. The lowest BCUT2D eigenvalue weighted by Gasteiger charge is -2.34. The van der Waals surface area contributed by atoms with Crippen LogP contribution in [-0.4, -0.2) is 29.5 Å². The van der Waals surface area contributed by atoms with Crippen LogP contribution in [0.15, 0.2) is 0 Å². The number of carbonyl (C=O) groups is 1. The van der Waals surface area contributed by atoms with Crippen molar-refractivity contribution in [1.82, 2.24) is 5.32 Å². The molecule has 2 atom stereocenters. The van der Waals surface area contributed by atoms with Crippen molar-refractivity contribution >= 4 is 17.7 Å². The monoisotopic (exact) mass is 260 g/mol. The second-order valence-corrected chi connectivity index (χ2v) is 6.65. The van der Waals surface area contributed by atoms with Crippen molar-refractivity contribution in [3.05, 3.63) is 0 Å². The molecule has 102 valence electrons. The van der Waals surface area contributed by atoms with Crippen LogP contribution in [0.1, 0.15) is 47.5 Å². The van der Waals surface area contributed by atoms with Gasteiger partial charge in [0.05, 0.1) is 5.75 Å². The summed E-state index contributed by atoms with van der Waals surface area (Å²) in [5, 5.41) is 3.21. The Morgan fingerprint density at radius 3 is 2.35 bits per heavy atom. The predicted molar refractivity (Wildman–Crippen MR) is 77.3 cm³/mol. The minimum atomic E-state index is 0.120. The average molecular weight is 260 g/mol. The third-order valence-corrected chi connectivity index (χ3v) is 4.52. The zero-order valence-corrected chi connectivity index (χ0v) is 12.7. The summed E-state index contributed by atoms with van der Waals surface area (Å²) in [6, 6.07) is 0.152. The van der Waals surface area contributed by atoms with Gasteiger partial charge in [-0.3, -0.25) is 4.79 Å². The topological polar surface area (TPSA) is 55.1 Å².